The normalized spacial score (nSPS) is 7.46. The second-order valence-corrected chi connectivity index (χ2v) is 2.51. The summed E-state index contributed by atoms with van der Waals surface area (Å²) in [5, 5.41) is 8.38. The molecule has 0 aliphatic carbocycles. The van der Waals surface area contributed by atoms with Gasteiger partial charge in [-0.15, -0.1) is 0 Å². The number of anilines is 1. The van der Waals surface area contributed by atoms with E-state index in [0.29, 0.717) is 5.69 Å². The van der Waals surface area contributed by atoms with Gasteiger partial charge in [0.25, 0.3) is 0 Å². The zero-order valence-electron chi connectivity index (χ0n) is 7.74. The van der Waals surface area contributed by atoms with Gasteiger partial charge < -0.3 is 17.3 Å². The van der Waals surface area contributed by atoms with Crippen LogP contribution in [0.25, 0.3) is 4.98 Å². The van der Waals surface area contributed by atoms with Crippen molar-refractivity contribution in [2.45, 2.75) is 0 Å². The Morgan fingerprint density at radius 2 is 1.62 bits per heavy atom. The van der Waals surface area contributed by atoms with E-state index in [0.717, 1.165) is 5.69 Å². The Balaban J connectivity index is 0. The number of diazo groups is 1. The van der Waals surface area contributed by atoms with Crippen molar-refractivity contribution in [1.29, 1.82) is 5.39 Å². The van der Waals surface area contributed by atoms with Gasteiger partial charge in [0, 0.05) is 51.4 Å². The van der Waals surface area contributed by atoms with E-state index < -0.39 is 0 Å². The smallest absolute Gasteiger partial charge is 0.385 e. The minimum Gasteiger partial charge on any atom is -1.00 e. The van der Waals surface area contributed by atoms with Gasteiger partial charge in [0.2, 0.25) is 5.39 Å². The van der Waals surface area contributed by atoms with Gasteiger partial charge in [0.1, 0.15) is 0 Å². The van der Waals surface area contributed by atoms with Gasteiger partial charge in [-0.1, -0.05) is 0 Å². The van der Waals surface area contributed by atoms with Crippen LogP contribution in [-0.4, -0.2) is 14.1 Å². The summed E-state index contributed by atoms with van der Waals surface area (Å²) in [6.45, 7) is 0. The third kappa shape index (κ3) is 4.21. The van der Waals surface area contributed by atoms with Crippen molar-refractivity contribution >= 4 is 11.4 Å². The molecule has 0 amide bonds. The van der Waals surface area contributed by atoms with E-state index in [1.165, 1.54) is 0 Å². The van der Waals surface area contributed by atoms with Gasteiger partial charge in [-0.3, -0.25) is 0 Å². The largest absolute Gasteiger partial charge is 1.00 e. The fourth-order valence-electron chi connectivity index (χ4n) is 0.817. The van der Waals surface area contributed by atoms with E-state index in [9.17, 15) is 0 Å². The van der Waals surface area contributed by atoms with Crippen molar-refractivity contribution in [1.82, 2.24) is 0 Å². The molecule has 0 fully saturated rings. The molecule has 0 unspecified atom stereocenters. The van der Waals surface area contributed by atoms with Crippen molar-refractivity contribution in [2.75, 3.05) is 19.0 Å². The summed E-state index contributed by atoms with van der Waals surface area (Å²) in [6, 6.07) is 7.31. The molecule has 1 aromatic rings. The van der Waals surface area contributed by atoms with Crippen LogP contribution < -0.4 is 17.3 Å². The number of halogens is 1. The second kappa shape index (κ2) is 6.83. The van der Waals surface area contributed by atoms with E-state index in [1.807, 2.05) is 31.1 Å². The number of nitrogens with zero attached hydrogens (tertiary/aromatic N) is 3. The molecule has 0 bridgehead atoms. The Bertz CT molecular complexity index is 278. The minimum atomic E-state index is 0. The van der Waals surface area contributed by atoms with Crippen LogP contribution in [-0.2, 0) is 19.5 Å². The van der Waals surface area contributed by atoms with E-state index >= 15 is 0 Å². The van der Waals surface area contributed by atoms with Gasteiger partial charge in [-0.05, 0) is 12.1 Å². The molecule has 13 heavy (non-hydrogen) atoms. The van der Waals surface area contributed by atoms with E-state index in [2.05, 4.69) is 4.98 Å². The molecule has 3 nitrogen and oxygen atoms in total. The third-order valence-corrected chi connectivity index (χ3v) is 1.48. The van der Waals surface area contributed by atoms with Gasteiger partial charge in [0.05, 0.1) is 0 Å². The molecule has 0 N–H and O–H groups in total. The van der Waals surface area contributed by atoms with Gasteiger partial charge in [-0.2, -0.15) is 0 Å². The quantitative estimate of drug-likeness (QED) is 0.484. The first-order valence-electron chi connectivity index (χ1n) is 3.36. The Morgan fingerprint density at radius 3 is 1.92 bits per heavy atom. The molecule has 66 valence electrons. The Labute approximate surface area is 96.9 Å². The van der Waals surface area contributed by atoms with Gasteiger partial charge in [-0.25, -0.2) is 0 Å². The maximum absolute atomic E-state index is 8.38. The molecule has 0 saturated carbocycles. The summed E-state index contributed by atoms with van der Waals surface area (Å²) in [7, 11) is 3.93. The summed E-state index contributed by atoms with van der Waals surface area (Å²) in [5.74, 6) is 0. The molecule has 1 aromatic carbocycles. The van der Waals surface area contributed by atoms with Crippen LogP contribution in [0.1, 0.15) is 0 Å². The summed E-state index contributed by atoms with van der Waals surface area (Å²) in [5.41, 5.74) is 1.67. The summed E-state index contributed by atoms with van der Waals surface area (Å²) in [6.07, 6.45) is 0. The van der Waals surface area contributed by atoms with E-state index in [-0.39, 0.29) is 31.9 Å². The number of benzene rings is 1. The average Bonchev–Trinajstić information content (AvgIpc) is 2.05. The molecule has 5 heteroatoms. The van der Waals surface area contributed by atoms with E-state index in [4.69, 9.17) is 5.39 Å². The molecular formula is C8H10ClN3Zn. The molecule has 0 aliphatic rings. The Kier molecular flexibility index (Phi) is 7.80. The third-order valence-electron chi connectivity index (χ3n) is 1.48. The van der Waals surface area contributed by atoms with E-state index in [1.54, 1.807) is 12.1 Å². The molecule has 0 radical (unpaired) electrons. The fraction of sp³-hybridized carbons (Fsp3) is 0.250. The van der Waals surface area contributed by atoms with Crippen LogP contribution >= 0.6 is 0 Å². The van der Waals surface area contributed by atoms with Crippen molar-refractivity contribution in [3.8, 4) is 0 Å². The summed E-state index contributed by atoms with van der Waals surface area (Å²) >= 11 is 0. The topological polar surface area (TPSA) is 31.4 Å². The fourth-order valence-corrected chi connectivity index (χ4v) is 0.817. The van der Waals surface area contributed by atoms with Crippen molar-refractivity contribution < 1.29 is 31.9 Å². The predicted octanol–water partition coefficient (Wildman–Crippen LogP) is -0.761. The predicted molar refractivity (Wildman–Crippen MR) is 45.5 cm³/mol. The first-order valence-corrected chi connectivity index (χ1v) is 3.36. The van der Waals surface area contributed by atoms with Gasteiger partial charge >= 0.3 is 5.69 Å². The minimum absolute atomic E-state index is 0. The number of hydrogen-bond donors (Lipinski definition) is 0. The average molecular weight is 249 g/mol. The Morgan fingerprint density at radius 1 is 1.15 bits per heavy atom. The monoisotopic (exact) mass is 247 g/mol. The number of hydrogen-bond acceptors (Lipinski definition) is 2. The summed E-state index contributed by atoms with van der Waals surface area (Å²) < 4.78 is 0. The SMILES string of the molecule is CN(C)c1ccc([N+]#N)cc1.[Cl-].[Zn]. The van der Waals surface area contributed by atoms with Crippen LogP contribution in [0.5, 0.6) is 0 Å². The Hall–Kier alpha value is -0.647. The maximum Gasteiger partial charge on any atom is 0.385 e. The molecule has 0 saturated heterocycles. The second-order valence-electron chi connectivity index (χ2n) is 2.51. The first kappa shape index (κ1) is 14.9. The molecule has 1 rings (SSSR count). The first-order chi connectivity index (χ1) is 5.24. The standard InChI is InChI=1S/C8H10N3.ClH.Zn/c1-11(2)8-5-3-7(10-9)4-6-8;;/h3-6H,1-2H3;1H;/q+1;;/p-1. The zero-order chi connectivity index (χ0) is 8.27. The van der Waals surface area contributed by atoms with Crippen LogP contribution in [0.15, 0.2) is 24.3 Å². The van der Waals surface area contributed by atoms with Crippen LogP contribution in [0.3, 0.4) is 0 Å². The van der Waals surface area contributed by atoms with Crippen molar-refractivity contribution in [3.63, 3.8) is 0 Å². The number of rotatable bonds is 1. The van der Waals surface area contributed by atoms with Crippen LogP contribution in [0, 0.1) is 5.39 Å². The van der Waals surface area contributed by atoms with Crippen LogP contribution in [0.2, 0.25) is 0 Å². The van der Waals surface area contributed by atoms with Gasteiger partial charge in [0.15, 0.2) is 4.98 Å². The van der Waals surface area contributed by atoms with Crippen LogP contribution in [0.4, 0.5) is 11.4 Å². The summed E-state index contributed by atoms with van der Waals surface area (Å²) in [4.78, 5) is 5.04. The van der Waals surface area contributed by atoms with Crippen molar-refractivity contribution in [2.24, 2.45) is 0 Å². The molecule has 0 spiro atoms. The molecule has 0 heterocycles. The maximum atomic E-state index is 8.38. The molecule has 0 atom stereocenters. The molecular weight excluding hydrogens is 239 g/mol. The van der Waals surface area contributed by atoms with Crippen molar-refractivity contribution in [3.05, 3.63) is 29.2 Å². The molecule has 0 aromatic heterocycles. The molecule has 0 aliphatic heterocycles. The zero-order valence-corrected chi connectivity index (χ0v) is 11.5.